The summed E-state index contributed by atoms with van der Waals surface area (Å²) in [6.45, 7) is 2.29. The lowest BCUT2D eigenvalue weighted by molar-refractivity contribution is -0.153. The number of carbonyl (C=O) groups is 1. The number of fused-ring (bicyclic) bond motifs is 3. The maximum Gasteiger partial charge on any atom is 0.306 e. The second kappa shape index (κ2) is 18.0. The smallest absolute Gasteiger partial charge is 0.306 e. The molecule has 0 N–H and O–H groups in total. The van der Waals surface area contributed by atoms with Gasteiger partial charge in [0.05, 0.1) is 0 Å². The maximum absolute atomic E-state index is 12.4. The quantitative estimate of drug-likeness (QED) is 0.168. The first-order valence-electron chi connectivity index (χ1n) is 14.5. The van der Waals surface area contributed by atoms with E-state index in [2.05, 4.69) is 6.92 Å². The fraction of sp³-hybridized carbons (Fsp3) is 0.966. The van der Waals surface area contributed by atoms with Crippen molar-refractivity contribution in [3.8, 4) is 0 Å². The van der Waals surface area contributed by atoms with Crippen LogP contribution in [0.3, 0.4) is 0 Å². The van der Waals surface area contributed by atoms with Gasteiger partial charge in [-0.2, -0.15) is 0 Å². The molecular weight excluding hydrogens is 380 g/mol. The summed E-state index contributed by atoms with van der Waals surface area (Å²) in [5.41, 5.74) is 0. The van der Waals surface area contributed by atoms with Crippen LogP contribution in [0.25, 0.3) is 0 Å². The zero-order valence-corrected chi connectivity index (χ0v) is 21.0. The minimum Gasteiger partial charge on any atom is -0.462 e. The van der Waals surface area contributed by atoms with Gasteiger partial charge in [0, 0.05) is 6.42 Å². The molecule has 3 atom stereocenters. The highest BCUT2D eigenvalue weighted by atomic mass is 16.5. The van der Waals surface area contributed by atoms with E-state index < -0.39 is 0 Å². The summed E-state index contributed by atoms with van der Waals surface area (Å²) < 4.78 is 5.99. The minimum atomic E-state index is 0.0843. The number of carbonyl (C=O) groups excluding carboxylic acids is 1. The van der Waals surface area contributed by atoms with Crippen molar-refractivity contribution >= 4 is 5.97 Å². The van der Waals surface area contributed by atoms with Gasteiger partial charge < -0.3 is 4.74 Å². The van der Waals surface area contributed by atoms with Crippen molar-refractivity contribution in [3.63, 3.8) is 0 Å². The molecule has 0 saturated heterocycles. The van der Waals surface area contributed by atoms with Crippen LogP contribution in [-0.2, 0) is 9.53 Å². The molecule has 182 valence electrons. The van der Waals surface area contributed by atoms with Crippen LogP contribution in [0.15, 0.2) is 0 Å². The molecule has 2 rings (SSSR count). The van der Waals surface area contributed by atoms with Crippen molar-refractivity contribution in [1.82, 2.24) is 0 Å². The molecule has 3 unspecified atom stereocenters. The predicted molar refractivity (Wildman–Crippen MR) is 133 cm³/mol. The van der Waals surface area contributed by atoms with Crippen LogP contribution < -0.4 is 0 Å². The molecule has 0 aromatic rings. The lowest BCUT2D eigenvalue weighted by Gasteiger charge is -2.28. The molecule has 2 saturated carbocycles. The molecular formula is C29H54O2. The highest BCUT2D eigenvalue weighted by Gasteiger charge is 2.30. The van der Waals surface area contributed by atoms with Crippen molar-refractivity contribution in [1.29, 1.82) is 0 Å². The first kappa shape index (κ1) is 26.7. The Morgan fingerprint density at radius 1 is 0.613 bits per heavy atom. The van der Waals surface area contributed by atoms with Crippen LogP contribution in [-0.4, -0.2) is 12.1 Å². The highest BCUT2D eigenvalue weighted by Crippen LogP contribution is 2.37. The van der Waals surface area contributed by atoms with Crippen molar-refractivity contribution < 1.29 is 9.53 Å². The lowest BCUT2D eigenvalue weighted by Crippen LogP contribution is -2.28. The van der Waals surface area contributed by atoms with Crippen LogP contribution in [0.1, 0.15) is 161 Å². The van der Waals surface area contributed by atoms with Crippen molar-refractivity contribution in [3.05, 3.63) is 0 Å². The first-order chi connectivity index (χ1) is 15.3. The number of hydrogen-bond donors (Lipinski definition) is 0. The summed E-state index contributed by atoms with van der Waals surface area (Å²) >= 11 is 0. The topological polar surface area (TPSA) is 26.3 Å². The Morgan fingerprint density at radius 3 is 1.71 bits per heavy atom. The Labute approximate surface area is 194 Å². The molecule has 31 heavy (non-hydrogen) atoms. The van der Waals surface area contributed by atoms with Gasteiger partial charge in [-0.1, -0.05) is 122 Å². The van der Waals surface area contributed by atoms with Crippen molar-refractivity contribution in [2.45, 2.75) is 167 Å². The number of unbranched alkanes of at least 4 members (excludes halogenated alkanes) is 14. The normalized spacial score (nSPS) is 23.8. The molecule has 2 aliphatic rings. The first-order valence-corrected chi connectivity index (χ1v) is 14.5. The van der Waals surface area contributed by atoms with Gasteiger partial charge in [-0.15, -0.1) is 0 Å². The van der Waals surface area contributed by atoms with E-state index in [1.165, 1.54) is 135 Å². The Balaban J connectivity index is 1.37. The molecule has 0 aliphatic heterocycles. The number of rotatable bonds is 17. The standard InChI is InChI=1S/C29H54O2/c1-2-3-4-5-6-7-8-9-10-11-12-13-14-15-16-23-29(30)31-28-22-18-20-26-19-17-21-27(28)25-24-26/h26-28H,2-25H2,1H3. The minimum absolute atomic E-state index is 0.0843. The van der Waals surface area contributed by atoms with Gasteiger partial charge in [-0.25, -0.2) is 0 Å². The average molecular weight is 435 g/mol. The maximum atomic E-state index is 12.4. The molecule has 2 bridgehead atoms. The van der Waals surface area contributed by atoms with Crippen LogP contribution >= 0.6 is 0 Å². The number of hydrogen-bond acceptors (Lipinski definition) is 2. The van der Waals surface area contributed by atoms with E-state index in [-0.39, 0.29) is 12.1 Å². The van der Waals surface area contributed by atoms with E-state index in [4.69, 9.17) is 4.74 Å². The fourth-order valence-corrected chi connectivity index (χ4v) is 5.93. The molecule has 2 heteroatoms. The van der Waals surface area contributed by atoms with Gasteiger partial charge in [0.15, 0.2) is 0 Å². The van der Waals surface area contributed by atoms with E-state index in [1.807, 2.05) is 0 Å². The Kier molecular flexibility index (Phi) is 15.5. The SMILES string of the molecule is CCCCCCCCCCCCCCCCCC(=O)OC1CCCC2CCCC1CC2. The van der Waals surface area contributed by atoms with Gasteiger partial charge in [0.25, 0.3) is 0 Å². The molecule has 0 amide bonds. The van der Waals surface area contributed by atoms with Gasteiger partial charge in [0.1, 0.15) is 6.10 Å². The highest BCUT2D eigenvalue weighted by molar-refractivity contribution is 5.69. The summed E-state index contributed by atoms with van der Waals surface area (Å²) in [5.74, 6) is 1.69. The van der Waals surface area contributed by atoms with Gasteiger partial charge in [-0.3, -0.25) is 4.79 Å². The second-order valence-corrected chi connectivity index (χ2v) is 10.8. The summed E-state index contributed by atoms with van der Waals surface area (Å²) in [6.07, 6.45) is 31.8. The van der Waals surface area contributed by atoms with Crippen LogP contribution in [0.5, 0.6) is 0 Å². The van der Waals surface area contributed by atoms with Gasteiger partial charge in [-0.05, 0) is 43.9 Å². The van der Waals surface area contributed by atoms with Gasteiger partial charge >= 0.3 is 5.97 Å². The van der Waals surface area contributed by atoms with Crippen LogP contribution in [0.2, 0.25) is 0 Å². The molecule has 0 spiro atoms. The van der Waals surface area contributed by atoms with Gasteiger partial charge in [0.2, 0.25) is 0 Å². The second-order valence-electron chi connectivity index (χ2n) is 10.8. The lowest BCUT2D eigenvalue weighted by atomic mass is 9.85. The molecule has 2 fully saturated rings. The summed E-state index contributed by atoms with van der Waals surface area (Å²) in [4.78, 5) is 12.4. The molecule has 0 radical (unpaired) electrons. The monoisotopic (exact) mass is 434 g/mol. The summed E-state index contributed by atoms with van der Waals surface area (Å²) in [7, 11) is 0. The summed E-state index contributed by atoms with van der Waals surface area (Å²) in [5, 5.41) is 0. The number of esters is 1. The summed E-state index contributed by atoms with van der Waals surface area (Å²) in [6, 6.07) is 0. The van der Waals surface area contributed by atoms with Crippen molar-refractivity contribution in [2.75, 3.05) is 0 Å². The third-order valence-electron chi connectivity index (χ3n) is 8.03. The molecule has 2 aliphatic carbocycles. The van der Waals surface area contributed by atoms with E-state index in [9.17, 15) is 4.79 Å². The van der Waals surface area contributed by atoms with E-state index >= 15 is 0 Å². The van der Waals surface area contributed by atoms with E-state index in [1.54, 1.807) is 0 Å². The van der Waals surface area contributed by atoms with Crippen molar-refractivity contribution in [2.24, 2.45) is 11.8 Å². The predicted octanol–water partition coefficient (Wildman–Crippen LogP) is 9.54. The van der Waals surface area contributed by atoms with E-state index in [0.717, 1.165) is 18.8 Å². The zero-order valence-electron chi connectivity index (χ0n) is 21.0. The molecule has 0 heterocycles. The van der Waals surface area contributed by atoms with E-state index in [0.29, 0.717) is 12.3 Å². The van der Waals surface area contributed by atoms with Crippen LogP contribution in [0.4, 0.5) is 0 Å². The molecule has 0 aromatic carbocycles. The Morgan fingerprint density at radius 2 is 1.13 bits per heavy atom. The third kappa shape index (κ3) is 12.9. The molecule has 2 nitrogen and oxygen atoms in total. The Bertz CT molecular complexity index is 432. The van der Waals surface area contributed by atoms with Crippen LogP contribution in [0, 0.1) is 11.8 Å². The molecule has 0 aromatic heterocycles. The Hall–Kier alpha value is -0.530. The fourth-order valence-electron chi connectivity index (χ4n) is 5.93. The number of ether oxygens (including phenoxy) is 1. The average Bonchev–Trinajstić information content (AvgIpc) is 2.95. The zero-order chi connectivity index (χ0) is 22.0. The largest absolute Gasteiger partial charge is 0.462 e. The third-order valence-corrected chi connectivity index (χ3v) is 8.03.